The zero-order valence-electron chi connectivity index (χ0n) is 7.53. The molecule has 0 aliphatic heterocycles. The number of unbranched alkanes of at least 4 members (excludes halogenated alkanes) is 2. The van der Waals surface area contributed by atoms with Crippen molar-refractivity contribution in [2.45, 2.75) is 32.7 Å². The molecule has 0 bridgehead atoms. The molecule has 0 aromatic carbocycles. The highest BCUT2D eigenvalue weighted by atomic mass is 32.1. The highest BCUT2D eigenvalue weighted by molar-refractivity contribution is 7.80. The minimum atomic E-state index is 1.00. The van der Waals surface area contributed by atoms with Gasteiger partial charge in [-0.15, -0.1) is 0 Å². The van der Waals surface area contributed by atoms with E-state index in [1.165, 1.54) is 19.3 Å². The molecular formula is C9H16N2S. The molecule has 1 aromatic heterocycles. The summed E-state index contributed by atoms with van der Waals surface area (Å²) in [6.45, 7) is 3.14. The number of aryl methyl sites for hydroxylation is 2. The lowest BCUT2D eigenvalue weighted by molar-refractivity contribution is 0.592. The Kier molecular flexibility index (Phi) is 4.22. The normalized spacial score (nSPS) is 10.5. The molecule has 1 aromatic rings. The second-order valence-corrected chi connectivity index (χ2v) is 3.40. The van der Waals surface area contributed by atoms with Crippen LogP contribution in [-0.2, 0) is 6.54 Å². The maximum absolute atomic E-state index is 4.17. The minimum Gasteiger partial charge on any atom is -0.335 e. The van der Waals surface area contributed by atoms with E-state index in [0.717, 1.165) is 18.1 Å². The molecule has 0 aliphatic rings. The van der Waals surface area contributed by atoms with Crippen molar-refractivity contribution in [1.29, 1.82) is 0 Å². The van der Waals surface area contributed by atoms with Gasteiger partial charge in [-0.1, -0.05) is 6.42 Å². The lowest BCUT2D eigenvalue weighted by Gasteiger charge is -2.03. The number of hydrogen-bond acceptors (Lipinski definition) is 2. The number of rotatable bonds is 5. The van der Waals surface area contributed by atoms with E-state index in [4.69, 9.17) is 0 Å². The van der Waals surface area contributed by atoms with Crippen molar-refractivity contribution in [1.82, 2.24) is 9.55 Å². The molecule has 68 valence electrons. The van der Waals surface area contributed by atoms with Crippen LogP contribution in [0.5, 0.6) is 0 Å². The fourth-order valence-electron chi connectivity index (χ4n) is 1.21. The predicted octanol–water partition coefficient (Wildman–Crippen LogP) is 2.29. The highest BCUT2D eigenvalue weighted by Gasteiger charge is 1.94. The van der Waals surface area contributed by atoms with Gasteiger partial charge in [0.25, 0.3) is 0 Å². The summed E-state index contributed by atoms with van der Waals surface area (Å²) in [5.74, 6) is 2.11. The van der Waals surface area contributed by atoms with Crippen molar-refractivity contribution in [2.75, 3.05) is 5.75 Å². The number of thiol groups is 1. The van der Waals surface area contributed by atoms with E-state index in [1.54, 1.807) is 0 Å². The summed E-state index contributed by atoms with van der Waals surface area (Å²) in [4.78, 5) is 4.16. The van der Waals surface area contributed by atoms with Gasteiger partial charge >= 0.3 is 0 Å². The Morgan fingerprint density at radius 2 is 2.25 bits per heavy atom. The molecule has 0 aliphatic carbocycles. The molecule has 0 saturated heterocycles. The van der Waals surface area contributed by atoms with Crippen molar-refractivity contribution in [2.24, 2.45) is 0 Å². The highest BCUT2D eigenvalue weighted by Crippen LogP contribution is 2.02. The van der Waals surface area contributed by atoms with Crippen molar-refractivity contribution < 1.29 is 0 Å². The zero-order chi connectivity index (χ0) is 8.81. The Balaban J connectivity index is 2.20. The van der Waals surface area contributed by atoms with Crippen LogP contribution < -0.4 is 0 Å². The monoisotopic (exact) mass is 184 g/mol. The average Bonchev–Trinajstić information content (AvgIpc) is 2.46. The molecular weight excluding hydrogens is 168 g/mol. The molecule has 12 heavy (non-hydrogen) atoms. The Morgan fingerprint density at radius 3 is 2.83 bits per heavy atom. The quantitative estimate of drug-likeness (QED) is 0.549. The van der Waals surface area contributed by atoms with Gasteiger partial charge in [-0.3, -0.25) is 0 Å². The van der Waals surface area contributed by atoms with Crippen molar-refractivity contribution in [3.05, 3.63) is 18.2 Å². The van der Waals surface area contributed by atoms with E-state index in [0.29, 0.717) is 0 Å². The standard InChI is InChI=1S/C9H16N2S/c1-9-10-5-7-11(9)6-3-2-4-8-12/h5,7,12H,2-4,6,8H2,1H3. The van der Waals surface area contributed by atoms with Crippen LogP contribution in [0.15, 0.2) is 12.4 Å². The van der Waals surface area contributed by atoms with Crippen LogP contribution in [0, 0.1) is 6.92 Å². The summed E-state index contributed by atoms with van der Waals surface area (Å²) in [6.07, 6.45) is 7.61. The summed E-state index contributed by atoms with van der Waals surface area (Å²) in [5, 5.41) is 0. The molecule has 0 radical (unpaired) electrons. The number of nitrogens with zero attached hydrogens (tertiary/aromatic N) is 2. The fourth-order valence-corrected chi connectivity index (χ4v) is 1.43. The fraction of sp³-hybridized carbons (Fsp3) is 0.667. The van der Waals surface area contributed by atoms with Gasteiger partial charge < -0.3 is 4.57 Å². The molecule has 0 unspecified atom stereocenters. The van der Waals surface area contributed by atoms with Crippen LogP contribution in [0.3, 0.4) is 0 Å². The van der Waals surface area contributed by atoms with Gasteiger partial charge in [0.2, 0.25) is 0 Å². The van der Waals surface area contributed by atoms with Gasteiger partial charge in [0, 0.05) is 18.9 Å². The van der Waals surface area contributed by atoms with E-state index in [-0.39, 0.29) is 0 Å². The maximum atomic E-state index is 4.17. The first kappa shape index (κ1) is 9.65. The molecule has 0 fully saturated rings. The van der Waals surface area contributed by atoms with Gasteiger partial charge in [0.1, 0.15) is 5.82 Å². The number of hydrogen-bond donors (Lipinski definition) is 1. The second kappa shape index (κ2) is 5.25. The van der Waals surface area contributed by atoms with E-state index >= 15 is 0 Å². The topological polar surface area (TPSA) is 17.8 Å². The smallest absolute Gasteiger partial charge is 0.105 e. The molecule has 1 rings (SSSR count). The second-order valence-electron chi connectivity index (χ2n) is 2.95. The van der Waals surface area contributed by atoms with Crippen LogP contribution >= 0.6 is 12.6 Å². The lowest BCUT2D eigenvalue weighted by atomic mass is 10.2. The van der Waals surface area contributed by atoms with Crippen LogP contribution in [0.2, 0.25) is 0 Å². The Labute approximate surface area is 79.4 Å². The first-order valence-electron chi connectivity index (χ1n) is 4.43. The third-order valence-corrected chi connectivity index (χ3v) is 2.30. The molecule has 0 N–H and O–H groups in total. The van der Waals surface area contributed by atoms with Crippen LogP contribution in [0.25, 0.3) is 0 Å². The summed E-state index contributed by atoms with van der Waals surface area (Å²) < 4.78 is 2.19. The number of aromatic nitrogens is 2. The summed E-state index contributed by atoms with van der Waals surface area (Å²) in [5.41, 5.74) is 0. The number of imidazole rings is 1. The van der Waals surface area contributed by atoms with Crippen LogP contribution in [-0.4, -0.2) is 15.3 Å². The molecule has 0 spiro atoms. The Bertz CT molecular complexity index is 220. The first-order chi connectivity index (χ1) is 5.84. The zero-order valence-corrected chi connectivity index (χ0v) is 8.43. The van der Waals surface area contributed by atoms with Gasteiger partial charge in [0.05, 0.1) is 0 Å². The van der Waals surface area contributed by atoms with E-state index in [2.05, 4.69) is 22.2 Å². The third kappa shape index (κ3) is 2.89. The molecule has 0 atom stereocenters. The van der Waals surface area contributed by atoms with Gasteiger partial charge in [0.15, 0.2) is 0 Å². The summed E-state index contributed by atoms with van der Waals surface area (Å²) in [6, 6.07) is 0. The Morgan fingerprint density at radius 1 is 1.42 bits per heavy atom. The predicted molar refractivity (Wildman–Crippen MR) is 54.7 cm³/mol. The first-order valence-corrected chi connectivity index (χ1v) is 5.06. The minimum absolute atomic E-state index is 1.00. The largest absolute Gasteiger partial charge is 0.335 e. The lowest BCUT2D eigenvalue weighted by Crippen LogP contribution is -1.98. The van der Waals surface area contributed by atoms with Gasteiger partial charge in [-0.2, -0.15) is 12.6 Å². The van der Waals surface area contributed by atoms with E-state index in [1.807, 2.05) is 19.3 Å². The van der Waals surface area contributed by atoms with E-state index in [9.17, 15) is 0 Å². The van der Waals surface area contributed by atoms with Crippen molar-refractivity contribution >= 4 is 12.6 Å². The summed E-state index contributed by atoms with van der Waals surface area (Å²) >= 11 is 4.17. The molecule has 3 heteroatoms. The summed E-state index contributed by atoms with van der Waals surface area (Å²) in [7, 11) is 0. The van der Waals surface area contributed by atoms with Crippen molar-refractivity contribution in [3.8, 4) is 0 Å². The van der Waals surface area contributed by atoms with Gasteiger partial charge in [-0.05, 0) is 25.5 Å². The Hall–Kier alpha value is -0.440. The average molecular weight is 184 g/mol. The molecule has 1 heterocycles. The van der Waals surface area contributed by atoms with Crippen LogP contribution in [0.1, 0.15) is 25.1 Å². The van der Waals surface area contributed by atoms with Crippen LogP contribution in [0.4, 0.5) is 0 Å². The van der Waals surface area contributed by atoms with E-state index < -0.39 is 0 Å². The molecule has 2 nitrogen and oxygen atoms in total. The SMILES string of the molecule is Cc1nccn1CCCCCS. The van der Waals surface area contributed by atoms with Crippen molar-refractivity contribution in [3.63, 3.8) is 0 Å². The molecule has 0 amide bonds. The van der Waals surface area contributed by atoms with Gasteiger partial charge in [-0.25, -0.2) is 4.98 Å². The maximum Gasteiger partial charge on any atom is 0.105 e. The molecule has 0 saturated carbocycles. The third-order valence-electron chi connectivity index (χ3n) is 1.98.